The van der Waals surface area contributed by atoms with Crippen LogP contribution < -0.4 is 14.4 Å². The Hall–Kier alpha value is -4.63. The summed E-state index contributed by atoms with van der Waals surface area (Å²) in [6.45, 7) is 9.22. The van der Waals surface area contributed by atoms with Gasteiger partial charge in [0.1, 0.15) is 24.1 Å². The highest BCUT2D eigenvalue weighted by Crippen LogP contribution is 2.29. The molecule has 8 nitrogen and oxygen atoms in total. The number of benzene rings is 4. The van der Waals surface area contributed by atoms with Crippen LogP contribution in [-0.2, 0) is 26.2 Å². The van der Waals surface area contributed by atoms with Crippen molar-refractivity contribution in [3.63, 3.8) is 0 Å². The van der Waals surface area contributed by atoms with Gasteiger partial charge in [-0.15, -0.1) is 0 Å². The SMILES string of the molecule is CCC(C)NC(=O)C(CC)N(Cc1cccc(C)c1)C(=O)CN(c1ccc(Oc2ccccc2)cc1)S(=O)(=O)c1ccc(C)cc1. The number of hydrogen-bond acceptors (Lipinski definition) is 5. The Morgan fingerprint density at radius 2 is 1.43 bits per heavy atom. The summed E-state index contributed by atoms with van der Waals surface area (Å²) in [5.41, 5.74) is 3.07. The van der Waals surface area contributed by atoms with Crippen LogP contribution in [0.1, 0.15) is 50.3 Å². The van der Waals surface area contributed by atoms with Crippen molar-refractivity contribution >= 4 is 27.5 Å². The molecule has 0 aromatic heterocycles. The van der Waals surface area contributed by atoms with Gasteiger partial charge in [-0.25, -0.2) is 8.42 Å². The standard InChI is InChI=1S/C37H43N3O5S/c1-6-29(5)38-37(42)35(7-2)39(25-30-13-11-12-28(4)24-30)36(41)26-40(46(43,44)34-22-16-27(3)17-23-34)31-18-20-33(21-19-31)45-32-14-9-8-10-15-32/h8-24,29,35H,6-7,25-26H2,1-5H3,(H,38,42). The fourth-order valence-corrected chi connectivity index (χ4v) is 6.45. The van der Waals surface area contributed by atoms with Gasteiger partial charge in [0.2, 0.25) is 11.8 Å². The van der Waals surface area contributed by atoms with E-state index < -0.39 is 28.5 Å². The number of carbonyl (C=O) groups excluding carboxylic acids is 2. The van der Waals surface area contributed by atoms with Gasteiger partial charge < -0.3 is 15.0 Å². The third kappa shape index (κ3) is 8.75. The molecule has 0 saturated heterocycles. The van der Waals surface area contributed by atoms with E-state index in [1.54, 1.807) is 36.4 Å². The molecular weight excluding hydrogens is 598 g/mol. The van der Waals surface area contributed by atoms with E-state index in [1.807, 2.05) is 89.2 Å². The molecule has 0 spiro atoms. The Kier molecular flexibility index (Phi) is 11.6. The van der Waals surface area contributed by atoms with Gasteiger partial charge in [-0.3, -0.25) is 13.9 Å². The Balaban J connectivity index is 1.73. The number of amides is 2. The highest BCUT2D eigenvalue weighted by Gasteiger charge is 2.34. The van der Waals surface area contributed by atoms with Crippen molar-refractivity contribution in [3.05, 3.63) is 120 Å². The summed E-state index contributed by atoms with van der Waals surface area (Å²) >= 11 is 0. The van der Waals surface area contributed by atoms with Gasteiger partial charge in [0.25, 0.3) is 10.0 Å². The molecule has 0 fully saturated rings. The molecule has 46 heavy (non-hydrogen) atoms. The van der Waals surface area contributed by atoms with Gasteiger partial charge in [-0.2, -0.15) is 0 Å². The van der Waals surface area contributed by atoms with Crippen molar-refractivity contribution in [1.29, 1.82) is 0 Å². The van der Waals surface area contributed by atoms with Crippen molar-refractivity contribution < 1.29 is 22.7 Å². The quantitative estimate of drug-likeness (QED) is 0.160. The molecule has 0 heterocycles. The van der Waals surface area contributed by atoms with E-state index in [0.717, 1.165) is 27.4 Å². The van der Waals surface area contributed by atoms with Gasteiger partial charge >= 0.3 is 0 Å². The normalized spacial score (nSPS) is 12.5. The van der Waals surface area contributed by atoms with E-state index in [4.69, 9.17) is 4.74 Å². The summed E-state index contributed by atoms with van der Waals surface area (Å²) in [6, 6.07) is 29.2. The van der Waals surface area contributed by atoms with E-state index in [-0.39, 0.29) is 23.4 Å². The number of nitrogens with zero attached hydrogens (tertiary/aromatic N) is 2. The number of aryl methyl sites for hydroxylation is 2. The Bertz CT molecular complexity index is 1710. The number of sulfonamides is 1. The largest absolute Gasteiger partial charge is 0.457 e. The van der Waals surface area contributed by atoms with Crippen LogP contribution in [0.4, 0.5) is 5.69 Å². The number of carbonyl (C=O) groups is 2. The zero-order valence-corrected chi connectivity index (χ0v) is 28.0. The zero-order valence-electron chi connectivity index (χ0n) is 27.1. The molecule has 2 atom stereocenters. The molecule has 242 valence electrons. The Morgan fingerprint density at radius 3 is 2.04 bits per heavy atom. The number of nitrogens with one attached hydrogen (secondary N) is 1. The molecule has 0 aliphatic carbocycles. The monoisotopic (exact) mass is 641 g/mol. The van der Waals surface area contributed by atoms with Crippen molar-refractivity contribution in [2.75, 3.05) is 10.8 Å². The minimum absolute atomic E-state index is 0.0577. The van der Waals surface area contributed by atoms with Gasteiger partial charge in [-0.1, -0.05) is 79.6 Å². The van der Waals surface area contributed by atoms with Crippen LogP contribution >= 0.6 is 0 Å². The third-order valence-corrected chi connectivity index (χ3v) is 9.60. The Labute approximate surface area is 273 Å². The minimum Gasteiger partial charge on any atom is -0.457 e. The lowest BCUT2D eigenvalue weighted by molar-refractivity contribution is -0.140. The highest BCUT2D eigenvalue weighted by molar-refractivity contribution is 7.92. The number of anilines is 1. The topological polar surface area (TPSA) is 96.0 Å². The van der Waals surface area contributed by atoms with Crippen LogP contribution in [0, 0.1) is 13.8 Å². The molecule has 4 aromatic rings. The summed E-state index contributed by atoms with van der Waals surface area (Å²) in [4.78, 5) is 29.4. The maximum Gasteiger partial charge on any atom is 0.264 e. The first kappa shape index (κ1) is 34.2. The smallest absolute Gasteiger partial charge is 0.264 e. The Morgan fingerprint density at radius 1 is 0.783 bits per heavy atom. The van der Waals surface area contributed by atoms with Crippen LogP contribution in [0.25, 0.3) is 0 Å². The first-order valence-corrected chi connectivity index (χ1v) is 17.0. The van der Waals surface area contributed by atoms with Gasteiger partial charge in [0, 0.05) is 12.6 Å². The molecule has 2 unspecified atom stereocenters. The molecule has 4 rings (SSSR count). The number of ether oxygens (including phenoxy) is 1. The lowest BCUT2D eigenvalue weighted by Crippen LogP contribution is -2.53. The maximum absolute atomic E-state index is 14.3. The summed E-state index contributed by atoms with van der Waals surface area (Å²) in [5, 5.41) is 3.01. The first-order valence-electron chi connectivity index (χ1n) is 15.6. The second-order valence-electron chi connectivity index (χ2n) is 11.5. The predicted octanol–water partition coefficient (Wildman–Crippen LogP) is 7.01. The second kappa shape index (κ2) is 15.6. The summed E-state index contributed by atoms with van der Waals surface area (Å²) in [5.74, 6) is 0.395. The first-order chi connectivity index (χ1) is 22.0. The molecule has 0 bridgehead atoms. The van der Waals surface area contributed by atoms with Crippen molar-refractivity contribution in [2.24, 2.45) is 0 Å². The lowest BCUT2D eigenvalue weighted by atomic mass is 10.1. The van der Waals surface area contributed by atoms with Crippen LogP contribution in [-0.4, -0.2) is 43.8 Å². The summed E-state index contributed by atoms with van der Waals surface area (Å²) < 4.78 is 35.4. The third-order valence-electron chi connectivity index (χ3n) is 7.81. The van der Waals surface area contributed by atoms with Crippen molar-refractivity contribution in [1.82, 2.24) is 10.2 Å². The fraction of sp³-hybridized carbons (Fsp3) is 0.297. The molecule has 0 radical (unpaired) electrons. The van der Waals surface area contributed by atoms with Gasteiger partial charge in [0.15, 0.2) is 0 Å². The van der Waals surface area contributed by atoms with E-state index >= 15 is 0 Å². The van der Waals surface area contributed by atoms with Crippen molar-refractivity contribution in [2.45, 2.75) is 71.0 Å². The van der Waals surface area contributed by atoms with E-state index in [0.29, 0.717) is 23.6 Å². The zero-order chi connectivity index (χ0) is 33.3. The van der Waals surface area contributed by atoms with E-state index in [2.05, 4.69) is 5.32 Å². The molecular formula is C37H43N3O5S. The minimum atomic E-state index is -4.18. The van der Waals surface area contributed by atoms with Gasteiger partial charge in [0.05, 0.1) is 10.6 Å². The average molecular weight is 642 g/mol. The van der Waals surface area contributed by atoms with Gasteiger partial charge in [-0.05, 0) is 87.7 Å². The predicted molar refractivity (Wildman–Crippen MR) is 182 cm³/mol. The summed E-state index contributed by atoms with van der Waals surface area (Å²) in [6.07, 6.45) is 1.09. The molecule has 2 amide bonds. The van der Waals surface area contributed by atoms with E-state index in [1.165, 1.54) is 17.0 Å². The van der Waals surface area contributed by atoms with Crippen LogP contribution in [0.5, 0.6) is 11.5 Å². The molecule has 4 aromatic carbocycles. The number of rotatable bonds is 14. The van der Waals surface area contributed by atoms with E-state index in [9.17, 15) is 18.0 Å². The molecule has 0 aliphatic rings. The lowest BCUT2D eigenvalue weighted by Gasteiger charge is -2.33. The second-order valence-corrected chi connectivity index (χ2v) is 13.3. The molecule has 0 aliphatic heterocycles. The molecule has 0 saturated carbocycles. The number of hydrogen-bond donors (Lipinski definition) is 1. The fourth-order valence-electron chi connectivity index (χ4n) is 5.04. The maximum atomic E-state index is 14.3. The molecule has 1 N–H and O–H groups in total. The number of para-hydroxylation sites is 1. The highest BCUT2D eigenvalue weighted by atomic mass is 32.2. The molecule has 9 heteroatoms. The van der Waals surface area contributed by atoms with Crippen LogP contribution in [0.2, 0.25) is 0 Å². The summed E-state index contributed by atoms with van der Waals surface area (Å²) in [7, 11) is -4.18. The average Bonchev–Trinajstić information content (AvgIpc) is 3.04. The van der Waals surface area contributed by atoms with Crippen molar-refractivity contribution in [3.8, 4) is 11.5 Å². The van der Waals surface area contributed by atoms with Crippen LogP contribution in [0.15, 0.2) is 108 Å². The van der Waals surface area contributed by atoms with Crippen LogP contribution in [0.3, 0.4) is 0 Å².